The monoisotopic (exact) mass is 448 g/mol. The Morgan fingerprint density at radius 2 is 2.15 bits per heavy atom. The molecule has 0 amide bonds. The van der Waals surface area contributed by atoms with Gasteiger partial charge in [-0.25, -0.2) is 4.98 Å². The SMILES string of the molecule is CCN1CC2(C1)CN(CC#Cc1cc(N3CCOC[C@H]3C)nc(Nc3ccn[nH]3)c1C=N)C2. The summed E-state index contributed by atoms with van der Waals surface area (Å²) < 4.78 is 5.61. The lowest BCUT2D eigenvalue weighted by Crippen LogP contribution is -2.71. The van der Waals surface area contributed by atoms with Crippen LogP contribution in [-0.2, 0) is 4.74 Å². The Balaban J connectivity index is 1.37. The summed E-state index contributed by atoms with van der Waals surface area (Å²) in [6, 6.07) is 4.07. The molecule has 3 aliphatic heterocycles. The molecule has 0 radical (unpaired) electrons. The number of aromatic nitrogens is 3. The van der Waals surface area contributed by atoms with Crippen LogP contribution in [0, 0.1) is 22.7 Å². The van der Waals surface area contributed by atoms with Crippen LogP contribution in [0.5, 0.6) is 0 Å². The normalized spacial score (nSPS) is 22.2. The van der Waals surface area contributed by atoms with Crippen LogP contribution < -0.4 is 10.2 Å². The molecule has 0 unspecified atom stereocenters. The molecule has 0 aliphatic carbocycles. The first-order valence-corrected chi connectivity index (χ1v) is 11.7. The summed E-state index contributed by atoms with van der Waals surface area (Å²) in [5.74, 6) is 8.88. The zero-order valence-electron chi connectivity index (χ0n) is 19.4. The fourth-order valence-corrected chi connectivity index (χ4v) is 5.14. The summed E-state index contributed by atoms with van der Waals surface area (Å²) >= 11 is 0. The highest BCUT2D eigenvalue weighted by Crippen LogP contribution is 2.38. The number of pyridine rings is 1. The van der Waals surface area contributed by atoms with Gasteiger partial charge in [0.2, 0.25) is 0 Å². The number of hydrogen-bond donors (Lipinski definition) is 3. The quantitative estimate of drug-likeness (QED) is 0.458. The van der Waals surface area contributed by atoms with E-state index in [0.717, 1.165) is 49.9 Å². The summed E-state index contributed by atoms with van der Waals surface area (Å²) in [6.07, 6.45) is 3.01. The van der Waals surface area contributed by atoms with Gasteiger partial charge in [0, 0.05) is 56.0 Å². The van der Waals surface area contributed by atoms with Crippen molar-refractivity contribution in [2.75, 3.05) is 69.2 Å². The van der Waals surface area contributed by atoms with Crippen LogP contribution in [0.2, 0.25) is 0 Å². The molecule has 33 heavy (non-hydrogen) atoms. The van der Waals surface area contributed by atoms with Crippen molar-refractivity contribution in [2.45, 2.75) is 19.9 Å². The average Bonchev–Trinajstić information content (AvgIpc) is 3.27. The van der Waals surface area contributed by atoms with Gasteiger partial charge in [-0.05, 0) is 19.5 Å². The Bertz CT molecular complexity index is 1040. The van der Waals surface area contributed by atoms with Crippen molar-refractivity contribution in [2.24, 2.45) is 5.41 Å². The molecule has 0 aromatic carbocycles. The van der Waals surface area contributed by atoms with Crippen LogP contribution in [0.25, 0.3) is 0 Å². The number of ether oxygens (including phenoxy) is 1. The van der Waals surface area contributed by atoms with Gasteiger partial charge in [-0.15, -0.1) is 0 Å². The van der Waals surface area contributed by atoms with Crippen LogP contribution in [0.4, 0.5) is 17.5 Å². The van der Waals surface area contributed by atoms with E-state index in [1.54, 1.807) is 6.20 Å². The second-order valence-electron chi connectivity index (χ2n) is 9.40. The lowest BCUT2D eigenvalue weighted by molar-refractivity contribution is -0.107. The maximum absolute atomic E-state index is 8.05. The standard InChI is InChI=1S/C24H32N8O/c1-3-30-14-24(15-30)16-31(17-24)8-4-5-19-11-22(32-9-10-33-13-18(32)2)28-23(20(19)12-25)27-21-6-7-26-29-21/h6-7,11-12,18,25H,3,8-10,13-17H2,1-2H3,(H2,26,27,28,29)/t18-/m1/s1. The third kappa shape index (κ3) is 4.47. The number of anilines is 3. The number of nitrogens with one attached hydrogen (secondary N) is 3. The zero-order chi connectivity index (χ0) is 22.8. The van der Waals surface area contributed by atoms with Gasteiger partial charge in [-0.1, -0.05) is 18.8 Å². The first kappa shape index (κ1) is 21.9. The van der Waals surface area contributed by atoms with E-state index < -0.39 is 0 Å². The molecule has 5 rings (SSSR count). The van der Waals surface area contributed by atoms with E-state index in [-0.39, 0.29) is 6.04 Å². The zero-order valence-corrected chi connectivity index (χ0v) is 19.4. The Labute approximate surface area is 195 Å². The molecule has 9 nitrogen and oxygen atoms in total. The first-order chi connectivity index (χ1) is 16.1. The van der Waals surface area contributed by atoms with Crippen molar-refractivity contribution in [3.63, 3.8) is 0 Å². The minimum atomic E-state index is 0.223. The molecule has 1 spiro atoms. The number of nitrogens with zero attached hydrogens (tertiary/aromatic N) is 5. The van der Waals surface area contributed by atoms with Crippen molar-refractivity contribution < 1.29 is 4.74 Å². The van der Waals surface area contributed by atoms with Crippen molar-refractivity contribution in [1.29, 1.82) is 5.41 Å². The molecule has 1 atom stereocenters. The van der Waals surface area contributed by atoms with E-state index in [1.165, 1.54) is 19.3 Å². The number of aromatic amines is 1. The van der Waals surface area contributed by atoms with Gasteiger partial charge in [-0.3, -0.25) is 10.00 Å². The molecular weight excluding hydrogens is 416 g/mol. The molecule has 3 fully saturated rings. The Morgan fingerprint density at radius 3 is 2.85 bits per heavy atom. The molecule has 3 aliphatic rings. The largest absolute Gasteiger partial charge is 0.377 e. The molecule has 9 heteroatoms. The lowest BCUT2D eigenvalue weighted by atomic mass is 9.73. The van der Waals surface area contributed by atoms with E-state index >= 15 is 0 Å². The van der Waals surface area contributed by atoms with E-state index in [4.69, 9.17) is 15.1 Å². The van der Waals surface area contributed by atoms with Crippen LogP contribution in [0.15, 0.2) is 18.3 Å². The molecule has 0 saturated carbocycles. The van der Waals surface area contributed by atoms with E-state index in [0.29, 0.717) is 30.0 Å². The highest BCUT2D eigenvalue weighted by Gasteiger charge is 2.50. The number of morpholine rings is 1. The topological polar surface area (TPSA) is 96.4 Å². The Kier molecular flexibility index (Phi) is 6.06. The molecular formula is C24H32N8O. The highest BCUT2D eigenvalue weighted by atomic mass is 16.5. The molecule has 0 bridgehead atoms. The van der Waals surface area contributed by atoms with Crippen molar-refractivity contribution >= 4 is 23.7 Å². The van der Waals surface area contributed by atoms with Crippen LogP contribution in [0.1, 0.15) is 25.0 Å². The maximum atomic E-state index is 8.05. The minimum absolute atomic E-state index is 0.223. The molecule has 3 saturated heterocycles. The molecule has 2 aromatic heterocycles. The molecule has 2 aromatic rings. The van der Waals surface area contributed by atoms with Crippen molar-refractivity contribution in [3.05, 3.63) is 29.5 Å². The number of likely N-dealkylation sites (tertiary alicyclic amines) is 2. The van der Waals surface area contributed by atoms with E-state index in [9.17, 15) is 0 Å². The van der Waals surface area contributed by atoms with E-state index in [2.05, 4.69) is 55.9 Å². The van der Waals surface area contributed by atoms with Crippen molar-refractivity contribution in [1.82, 2.24) is 25.0 Å². The summed E-state index contributed by atoms with van der Waals surface area (Å²) in [7, 11) is 0. The summed E-state index contributed by atoms with van der Waals surface area (Å²) in [4.78, 5) is 12.0. The lowest BCUT2D eigenvalue weighted by Gasteiger charge is -2.60. The summed E-state index contributed by atoms with van der Waals surface area (Å²) in [5.41, 5.74) is 2.00. The average molecular weight is 449 g/mol. The second kappa shape index (κ2) is 9.14. The third-order valence-electron chi connectivity index (χ3n) is 6.81. The van der Waals surface area contributed by atoms with Gasteiger partial charge in [0.1, 0.15) is 17.5 Å². The number of H-pyrrole nitrogens is 1. The highest BCUT2D eigenvalue weighted by molar-refractivity contribution is 5.90. The van der Waals surface area contributed by atoms with Gasteiger partial charge in [0.05, 0.1) is 37.6 Å². The molecule has 174 valence electrons. The van der Waals surface area contributed by atoms with Crippen molar-refractivity contribution in [3.8, 4) is 11.8 Å². The maximum Gasteiger partial charge on any atom is 0.144 e. The fraction of sp³-hybridized carbons (Fsp3) is 0.542. The number of rotatable bonds is 6. The first-order valence-electron chi connectivity index (χ1n) is 11.7. The third-order valence-corrected chi connectivity index (χ3v) is 6.81. The van der Waals surface area contributed by atoms with Gasteiger partial charge < -0.3 is 25.3 Å². The van der Waals surface area contributed by atoms with Gasteiger partial charge in [0.15, 0.2) is 0 Å². The van der Waals surface area contributed by atoms with Crippen LogP contribution >= 0.6 is 0 Å². The minimum Gasteiger partial charge on any atom is -0.377 e. The predicted octanol–water partition coefficient (Wildman–Crippen LogP) is 1.76. The number of hydrogen-bond acceptors (Lipinski definition) is 8. The van der Waals surface area contributed by atoms with Gasteiger partial charge in [-0.2, -0.15) is 5.10 Å². The Hall–Kier alpha value is -2.93. The second-order valence-corrected chi connectivity index (χ2v) is 9.40. The van der Waals surface area contributed by atoms with Crippen LogP contribution in [0.3, 0.4) is 0 Å². The molecule has 3 N–H and O–H groups in total. The molecule has 5 heterocycles. The summed E-state index contributed by atoms with van der Waals surface area (Å²) in [6.45, 7) is 13.1. The Morgan fingerprint density at radius 1 is 1.33 bits per heavy atom. The van der Waals surface area contributed by atoms with E-state index in [1.807, 2.05) is 12.1 Å². The van der Waals surface area contributed by atoms with Gasteiger partial charge >= 0.3 is 0 Å². The fourth-order valence-electron chi connectivity index (χ4n) is 5.14. The van der Waals surface area contributed by atoms with Crippen LogP contribution in [-0.4, -0.2) is 96.3 Å². The smallest absolute Gasteiger partial charge is 0.144 e. The summed E-state index contributed by atoms with van der Waals surface area (Å²) in [5, 5.41) is 18.2. The van der Waals surface area contributed by atoms with Gasteiger partial charge in [0.25, 0.3) is 0 Å². The predicted molar refractivity (Wildman–Crippen MR) is 129 cm³/mol.